The van der Waals surface area contributed by atoms with E-state index in [9.17, 15) is 13.2 Å². The molecule has 28 heavy (non-hydrogen) atoms. The number of carbonyl (C=O) groups excluding carboxylic acids is 1. The Morgan fingerprint density at radius 1 is 1.07 bits per heavy atom. The molecule has 0 aliphatic rings. The van der Waals surface area contributed by atoms with Crippen LogP contribution in [0.4, 0.5) is 5.69 Å². The second-order valence-corrected chi connectivity index (χ2v) is 8.09. The third-order valence-electron chi connectivity index (χ3n) is 3.78. The first kappa shape index (κ1) is 19.9. The van der Waals surface area contributed by atoms with Crippen molar-refractivity contribution in [3.8, 4) is 11.5 Å². The number of halogens is 1. The molecule has 0 aliphatic heterocycles. The Morgan fingerprint density at radius 2 is 1.79 bits per heavy atom. The smallest absolute Gasteiger partial charge is 0.291 e. The molecule has 1 heterocycles. The minimum absolute atomic E-state index is 0.171. The van der Waals surface area contributed by atoms with Gasteiger partial charge in [-0.1, -0.05) is 29.3 Å². The average Bonchev–Trinajstić information content (AvgIpc) is 3.17. The molecule has 0 unspecified atom stereocenters. The maximum Gasteiger partial charge on any atom is 0.291 e. The van der Waals surface area contributed by atoms with E-state index in [0.29, 0.717) is 22.2 Å². The summed E-state index contributed by atoms with van der Waals surface area (Å²) in [5.74, 6) is 0.142. The van der Waals surface area contributed by atoms with Gasteiger partial charge in [-0.3, -0.25) is 4.79 Å². The van der Waals surface area contributed by atoms with Gasteiger partial charge in [0.15, 0.2) is 11.5 Å². The van der Waals surface area contributed by atoms with Crippen molar-refractivity contribution >= 4 is 33.2 Å². The quantitative estimate of drug-likeness (QED) is 0.623. The predicted molar refractivity (Wildman–Crippen MR) is 106 cm³/mol. The zero-order chi connectivity index (χ0) is 20.3. The first-order valence-electron chi connectivity index (χ1n) is 8.17. The second kappa shape index (κ2) is 8.05. The lowest BCUT2D eigenvalue weighted by atomic mass is 10.2. The van der Waals surface area contributed by atoms with E-state index in [2.05, 4.69) is 10.0 Å². The summed E-state index contributed by atoms with van der Waals surface area (Å²) in [4.78, 5) is 12.5. The van der Waals surface area contributed by atoms with Gasteiger partial charge in [-0.15, -0.1) is 0 Å². The Labute approximate surface area is 167 Å². The minimum atomic E-state index is -3.79. The molecule has 0 aliphatic carbocycles. The Kier molecular flexibility index (Phi) is 5.73. The third kappa shape index (κ3) is 4.53. The van der Waals surface area contributed by atoms with Gasteiger partial charge in [0, 0.05) is 5.02 Å². The Bertz CT molecular complexity index is 1110. The van der Waals surface area contributed by atoms with Gasteiger partial charge in [0.05, 0.1) is 5.69 Å². The van der Waals surface area contributed by atoms with Crippen LogP contribution in [0.25, 0.3) is 0 Å². The monoisotopic (exact) mass is 420 g/mol. The van der Waals surface area contributed by atoms with Crippen molar-refractivity contribution in [2.45, 2.75) is 12.0 Å². The fraction of sp³-hybridized carbons (Fsp3) is 0.105. The van der Waals surface area contributed by atoms with E-state index in [4.69, 9.17) is 20.8 Å². The number of anilines is 1. The summed E-state index contributed by atoms with van der Waals surface area (Å²) in [6, 6.07) is 14.6. The molecule has 2 N–H and O–H groups in total. The lowest BCUT2D eigenvalue weighted by Gasteiger charge is -2.12. The average molecular weight is 421 g/mol. The summed E-state index contributed by atoms with van der Waals surface area (Å²) in [6.07, 6.45) is 0. The minimum Gasteiger partial charge on any atom is -0.455 e. The van der Waals surface area contributed by atoms with Crippen LogP contribution >= 0.6 is 11.6 Å². The molecule has 9 heteroatoms. The van der Waals surface area contributed by atoms with E-state index >= 15 is 0 Å². The molecule has 0 atom stereocenters. The van der Waals surface area contributed by atoms with E-state index in [1.807, 2.05) is 19.1 Å². The van der Waals surface area contributed by atoms with Crippen molar-refractivity contribution in [3.63, 3.8) is 0 Å². The van der Waals surface area contributed by atoms with Gasteiger partial charge in [0.1, 0.15) is 5.75 Å². The Balaban J connectivity index is 1.84. The number of amides is 1. The lowest BCUT2D eigenvalue weighted by molar-refractivity contribution is 0.0991. The number of hydrogen-bond acceptors (Lipinski definition) is 5. The van der Waals surface area contributed by atoms with Crippen LogP contribution < -0.4 is 14.8 Å². The number of rotatable bonds is 6. The molecule has 3 aromatic rings. The van der Waals surface area contributed by atoms with E-state index in [0.717, 1.165) is 5.56 Å². The van der Waals surface area contributed by atoms with Crippen molar-refractivity contribution in [3.05, 3.63) is 70.9 Å². The van der Waals surface area contributed by atoms with Crippen LogP contribution in [0.3, 0.4) is 0 Å². The van der Waals surface area contributed by atoms with Crippen LogP contribution in [0.15, 0.2) is 64.1 Å². The molecule has 1 amide bonds. The van der Waals surface area contributed by atoms with Crippen molar-refractivity contribution in [1.29, 1.82) is 0 Å². The van der Waals surface area contributed by atoms with Gasteiger partial charge in [-0.2, -0.15) is 0 Å². The molecule has 0 saturated heterocycles. The van der Waals surface area contributed by atoms with Gasteiger partial charge >= 0.3 is 0 Å². The van der Waals surface area contributed by atoms with Crippen molar-refractivity contribution in [2.75, 3.05) is 12.4 Å². The summed E-state index contributed by atoms with van der Waals surface area (Å²) in [7, 11) is -2.54. The van der Waals surface area contributed by atoms with Gasteiger partial charge in [0.2, 0.25) is 5.09 Å². The SMILES string of the molecule is CNS(=O)(=O)c1ccc(C(=O)Nc2cc(Cl)ccc2Oc2ccc(C)cc2)o1. The molecule has 7 nitrogen and oxygen atoms in total. The van der Waals surface area contributed by atoms with Crippen LogP contribution in [0.2, 0.25) is 5.02 Å². The second-order valence-electron chi connectivity index (χ2n) is 5.84. The zero-order valence-electron chi connectivity index (χ0n) is 15.0. The van der Waals surface area contributed by atoms with Crippen molar-refractivity contribution in [1.82, 2.24) is 4.72 Å². The topological polar surface area (TPSA) is 97.6 Å². The maximum atomic E-state index is 12.5. The third-order valence-corrected chi connectivity index (χ3v) is 5.30. The lowest BCUT2D eigenvalue weighted by Crippen LogP contribution is -2.18. The summed E-state index contributed by atoms with van der Waals surface area (Å²) >= 11 is 6.03. The van der Waals surface area contributed by atoms with Gasteiger partial charge < -0.3 is 14.5 Å². The number of ether oxygens (including phenoxy) is 1. The summed E-state index contributed by atoms with van der Waals surface area (Å²) < 4.78 is 36.6. The Hall–Kier alpha value is -2.81. The maximum absolute atomic E-state index is 12.5. The fourth-order valence-corrected chi connectivity index (χ4v) is 3.11. The Morgan fingerprint density at radius 3 is 2.46 bits per heavy atom. The highest BCUT2D eigenvalue weighted by Crippen LogP contribution is 2.32. The highest BCUT2D eigenvalue weighted by molar-refractivity contribution is 7.89. The van der Waals surface area contributed by atoms with Crippen LogP contribution in [-0.4, -0.2) is 21.4 Å². The number of furan rings is 1. The van der Waals surface area contributed by atoms with Crippen molar-refractivity contribution in [2.24, 2.45) is 0 Å². The van der Waals surface area contributed by atoms with Gasteiger partial charge in [0.25, 0.3) is 15.9 Å². The molecule has 0 saturated carbocycles. The summed E-state index contributed by atoms with van der Waals surface area (Å²) in [5, 5.41) is 2.66. The molecule has 146 valence electrons. The van der Waals surface area contributed by atoms with Crippen LogP contribution in [-0.2, 0) is 10.0 Å². The number of carbonyl (C=O) groups is 1. The molecule has 0 fully saturated rings. The summed E-state index contributed by atoms with van der Waals surface area (Å²) in [6.45, 7) is 1.96. The number of nitrogens with one attached hydrogen (secondary N) is 2. The van der Waals surface area contributed by atoms with E-state index < -0.39 is 15.9 Å². The molecule has 0 spiro atoms. The highest BCUT2D eigenvalue weighted by Gasteiger charge is 2.20. The molecular formula is C19H17ClN2O5S. The first-order chi connectivity index (χ1) is 13.3. The molecule has 1 aromatic heterocycles. The number of sulfonamides is 1. The number of aryl methyl sites for hydroxylation is 1. The number of hydrogen-bond donors (Lipinski definition) is 2. The normalized spacial score (nSPS) is 11.2. The molecule has 3 rings (SSSR count). The standard InChI is InChI=1S/C19H17ClN2O5S/c1-12-3-6-14(7-4-12)26-16-8-5-13(20)11-15(16)22-19(23)17-9-10-18(27-17)28(24,25)21-2/h3-11,21H,1-2H3,(H,22,23). The number of benzene rings is 2. The van der Waals surface area contributed by atoms with E-state index in [1.54, 1.807) is 24.3 Å². The van der Waals surface area contributed by atoms with Gasteiger partial charge in [-0.05, 0) is 56.4 Å². The van der Waals surface area contributed by atoms with Crippen LogP contribution in [0.1, 0.15) is 16.1 Å². The van der Waals surface area contributed by atoms with Crippen LogP contribution in [0, 0.1) is 6.92 Å². The van der Waals surface area contributed by atoms with Crippen LogP contribution in [0.5, 0.6) is 11.5 Å². The molecular weight excluding hydrogens is 404 g/mol. The molecule has 0 radical (unpaired) electrons. The fourth-order valence-electron chi connectivity index (χ4n) is 2.29. The van der Waals surface area contributed by atoms with E-state index in [-0.39, 0.29) is 10.9 Å². The summed E-state index contributed by atoms with van der Waals surface area (Å²) in [5.41, 5.74) is 1.40. The first-order valence-corrected chi connectivity index (χ1v) is 10.0. The van der Waals surface area contributed by atoms with E-state index in [1.165, 1.54) is 25.2 Å². The molecule has 0 bridgehead atoms. The largest absolute Gasteiger partial charge is 0.455 e. The van der Waals surface area contributed by atoms with Crippen molar-refractivity contribution < 1.29 is 22.4 Å². The predicted octanol–water partition coefficient (Wildman–Crippen LogP) is 4.19. The molecule has 2 aromatic carbocycles. The zero-order valence-corrected chi connectivity index (χ0v) is 16.6. The van der Waals surface area contributed by atoms with Gasteiger partial charge in [-0.25, -0.2) is 13.1 Å². The highest BCUT2D eigenvalue weighted by atomic mass is 35.5.